The number of hydrogen-bond acceptors (Lipinski definition) is 0. The van der Waals surface area contributed by atoms with Crippen LogP contribution in [0.2, 0.25) is 0 Å². The Morgan fingerprint density at radius 3 is 2.94 bits per heavy atom. The summed E-state index contributed by atoms with van der Waals surface area (Å²) in [6, 6.07) is 2.47. The molecule has 1 aromatic rings. The van der Waals surface area contributed by atoms with E-state index >= 15 is 0 Å². The first-order chi connectivity index (χ1) is 7.79. The van der Waals surface area contributed by atoms with Gasteiger partial charge in [-0.05, 0) is 71.9 Å². The van der Waals surface area contributed by atoms with E-state index in [4.69, 9.17) is 0 Å². The van der Waals surface area contributed by atoms with Crippen LogP contribution in [0.1, 0.15) is 41.2 Å². The highest BCUT2D eigenvalue weighted by Crippen LogP contribution is 2.37. The Morgan fingerprint density at radius 2 is 2.12 bits per heavy atom. The van der Waals surface area contributed by atoms with Crippen LogP contribution < -0.4 is 0 Å². The highest BCUT2D eigenvalue weighted by Gasteiger charge is 2.25. The minimum absolute atomic E-state index is 0.814. The molecule has 0 spiro atoms. The first kappa shape index (κ1) is 9.93. The first-order valence-electron chi connectivity index (χ1n) is 6.32. The van der Waals surface area contributed by atoms with Crippen molar-refractivity contribution in [2.24, 2.45) is 5.92 Å². The molecule has 0 radical (unpaired) electrons. The van der Waals surface area contributed by atoms with Crippen molar-refractivity contribution in [3.05, 3.63) is 46.2 Å². The van der Waals surface area contributed by atoms with Gasteiger partial charge in [0, 0.05) is 0 Å². The first-order valence-corrected chi connectivity index (χ1v) is 6.32. The Balaban J connectivity index is 2.24. The van der Waals surface area contributed by atoms with Crippen molar-refractivity contribution in [3.63, 3.8) is 0 Å². The van der Waals surface area contributed by atoms with Gasteiger partial charge in [-0.3, -0.25) is 0 Å². The van der Waals surface area contributed by atoms with E-state index in [1.165, 1.54) is 37.7 Å². The highest BCUT2D eigenvalue weighted by atomic mass is 14.3. The fourth-order valence-electron chi connectivity index (χ4n) is 3.38. The summed E-state index contributed by atoms with van der Waals surface area (Å²) in [7, 11) is 0. The topological polar surface area (TPSA) is 0 Å². The zero-order valence-corrected chi connectivity index (χ0v) is 9.97. The SMILES string of the molecule is C=C=Cc1c2c(cc3c1C[C@@H](C)C3)CCC2. The van der Waals surface area contributed by atoms with Crippen molar-refractivity contribution >= 4 is 6.08 Å². The predicted molar refractivity (Wildman–Crippen MR) is 68.6 cm³/mol. The maximum atomic E-state index is 3.75. The van der Waals surface area contributed by atoms with E-state index in [-0.39, 0.29) is 0 Å². The minimum atomic E-state index is 0.814. The van der Waals surface area contributed by atoms with Gasteiger partial charge in [-0.2, -0.15) is 0 Å². The van der Waals surface area contributed by atoms with Gasteiger partial charge >= 0.3 is 0 Å². The molecule has 0 unspecified atom stereocenters. The molecule has 82 valence electrons. The molecule has 0 bridgehead atoms. The third-order valence-corrected chi connectivity index (χ3v) is 4.01. The summed E-state index contributed by atoms with van der Waals surface area (Å²) >= 11 is 0. The molecule has 0 amide bonds. The average molecular weight is 210 g/mol. The van der Waals surface area contributed by atoms with Crippen molar-refractivity contribution in [1.82, 2.24) is 0 Å². The van der Waals surface area contributed by atoms with Crippen molar-refractivity contribution in [2.75, 3.05) is 0 Å². The second-order valence-corrected chi connectivity index (χ2v) is 5.28. The zero-order chi connectivity index (χ0) is 11.1. The summed E-state index contributed by atoms with van der Waals surface area (Å²) < 4.78 is 0. The quantitative estimate of drug-likeness (QED) is 0.620. The zero-order valence-electron chi connectivity index (χ0n) is 9.97. The maximum absolute atomic E-state index is 3.75. The Morgan fingerprint density at radius 1 is 1.25 bits per heavy atom. The molecular weight excluding hydrogens is 192 g/mol. The lowest BCUT2D eigenvalue weighted by Crippen LogP contribution is -1.96. The molecule has 1 aromatic carbocycles. The lowest BCUT2D eigenvalue weighted by Gasteiger charge is -2.10. The van der Waals surface area contributed by atoms with Crippen molar-refractivity contribution in [3.8, 4) is 0 Å². The fraction of sp³-hybridized carbons (Fsp3) is 0.438. The molecule has 2 aliphatic rings. The fourth-order valence-corrected chi connectivity index (χ4v) is 3.38. The van der Waals surface area contributed by atoms with Gasteiger partial charge in [-0.25, -0.2) is 0 Å². The summed E-state index contributed by atoms with van der Waals surface area (Å²) in [6.45, 7) is 6.10. The second kappa shape index (κ2) is 3.64. The van der Waals surface area contributed by atoms with Gasteiger partial charge in [-0.1, -0.05) is 19.6 Å². The molecule has 16 heavy (non-hydrogen) atoms. The van der Waals surface area contributed by atoms with Gasteiger partial charge in [0.05, 0.1) is 0 Å². The normalized spacial score (nSPS) is 21.4. The van der Waals surface area contributed by atoms with Crippen LogP contribution in [-0.4, -0.2) is 0 Å². The summed E-state index contributed by atoms with van der Waals surface area (Å²) in [5.41, 5.74) is 10.8. The van der Waals surface area contributed by atoms with E-state index in [9.17, 15) is 0 Å². The molecule has 1 atom stereocenters. The molecule has 0 fully saturated rings. The number of rotatable bonds is 1. The van der Waals surface area contributed by atoms with E-state index in [0.29, 0.717) is 0 Å². The van der Waals surface area contributed by atoms with Crippen LogP contribution in [0.5, 0.6) is 0 Å². The third kappa shape index (κ3) is 1.37. The Labute approximate surface area is 97.7 Å². The van der Waals surface area contributed by atoms with Gasteiger partial charge in [0.2, 0.25) is 0 Å². The number of hydrogen-bond donors (Lipinski definition) is 0. The van der Waals surface area contributed by atoms with Crippen LogP contribution in [0.25, 0.3) is 6.08 Å². The average Bonchev–Trinajstić information content (AvgIpc) is 2.83. The smallest absolute Gasteiger partial charge is 0.0110 e. The monoisotopic (exact) mass is 210 g/mol. The van der Waals surface area contributed by atoms with Crippen LogP contribution in [0.4, 0.5) is 0 Å². The van der Waals surface area contributed by atoms with Crippen molar-refractivity contribution in [1.29, 1.82) is 0 Å². The van der Waals surface area contributed by atoms with E-state index in [1.54, 1.807) is 22.3 Å². The molecular formula is C16H18. The lowest BCUT2D eigenvalue weighted by molar-refractivity contribution is 0.627. The van der Waals surface area contributed by atoms with E-state index in [2.05, 4.69) is 31.4 Å². The molecule has 0 saturated carbocycles. The molecule has 0 heteroatoms. The third-order valence-electron chi connectivity index (χ3n) is 4.01. The molecule has 0 aliphatic heterocycles. The van der Waals surface area contributed by atoms with Crippen LogP contribution in [-0.2, 0) is 25.7 Å². The van der Waals surface area contributed by atoms with Gasteiger partial charge < -0.3 is 0 Å². The molecule has 0 N–H and O–H groups in total. The van der Waals surface area contributed by atoms with E-state index in [1.807, 2.05) is 0 Å². The van der Waals surface area contributed by atoms with E-state index in [0.717, 1.165) is 5.92 Å². The van der Waals surface area contributed by atoms with Crippen LogP contribution in [0, 0.1) is 5.92 Å². The number of aryl methyl sites for hydroxylation is 1. The standard InChI is InChI=1S/C16H18/c1-3-5-15-14-7-4-6-12(14)10-13-8-11(2)9-16(13)15/h5,10-11H,1,4,6-9H2,2H3/t11-/m0/s1. The summed E-state index contributed by atoms with van der Waals surface area (Å²) in [5, 5.41) is 0. The minimum Gasteiger partial charge on any atom is -0.128 e. The van der Waals surface area contributed by atoms with Crippen LogP contribution >= 0.6 is 0 Å². The Bertz CT molecular complexity index is 487. The van der Waals surface area contributed by atoms with Crippen LogP contribution in [0.15, 0.2) is 18.4 Å². The summed E-state index contributed by atoms with van der Waals surface area (Å²) in [4.78, 5) is 0. The van der Waals surface area contributed by atoms with E-state index < -0.39 is 0 Å². The maximum Gasteiger partial charge on any atom is -0.0110 e. The van der Waals surface area contributed by atoms with Crippen molar-refractivity contribution in [2.45, 2.75) is 39.0 Å². The Hall–Kier alpha value is -1.26. The second-order valence-electron chi connectivity index (χ2n) is 5.28. The van der Waals surface area contributed by atoms with Gasteiger partial charge in [0.15, 0.2) is 0 Å². The summed E-state index contributed by atoms with van der Waals surface area (Å²) in [6.07, 6.45) is 8.48. The lowest BCUT2D eigenvalue weighted by atomic mass is 9.94. The summed E-state index contributed by atoms with van der Waals surface area (Å²) in [5.74, 6) is 0.814. The Kier molecular flexibility index (Phi) is 2.26. The molecule has 0 heterocycles. The van der Waals surface area contributed by atoms with Gasteiger partial charge in [-0.15, -0.1) is 5.73 Å². The number of benzene rings is 1. The number of fused-ring (bicyclic) bond motifs is 2. The molecule has 2 aliphatic carbocycles. The van der Waals surface area contributed by atoms with Crippen molar-refractivity contribution < 1.29 is 0 Å². The predicted octanol–water partition coefficient (Wildman–Crippen LogP) is 3.71. The van der Waals surface area contributed by atoms with Gasteiger partial charge in [0.1, 0.15) is 0 Å². The molecule has 0 aromatic heterocycles. The van der Waals surface area contributed by atoms with Gasteiger partial charge in [0.25, 0.3) is 0 Å². The molecule has 3 rings (SSSR count). The largest absolute Gasteiger partial charge is 0.128 e. The molecule has 0 saturated heterocycles. The van der Waals surface area contributed by atoms with Crippen LogP contribution in [0.3, 0.4) is 0 Å². The molecule has 0 nitrogen and oxygen atoms in total. The highest BCUT2D eigenvalue weighted by molar-refractivity contribution is 5.64.